The largest absolute Gasteiger partial charge is 0.478 e. The Morgan fingerprint density at radius 2 is 1.73 bits per heavy atom. The van der Waals surface area contributed by atoms with Crippen LogP contribution in [0, 0.1) is 17.8 Å². The maximum absolute atomic E-state index is 12.5. The number of aromatic carboxylic acids is 1. The minimum atomic E-state index is -1.04. The molecule has 3 saturated carbocycles. The molecule has 0 aromatic carbocycles. The Balaban J connectivity index is 1.45. The summed E-state index contributed by atoms with van der Waals surface area (Å²) in [6.45, 7) is 0. The van der Waals surface area contributed by atoms with Gasteiger partial charge in [0, 0.05) is 18.3 Å². The Morgan fingerprint density at radius 3 is 2.23 bits per heavy atom. The standard InChI is InChI=1S/C16H19N3O3/c20-13(12-10-3-1-2-4-11(10)12)19-16(5-6-16)15-17-7-9(8-18-15)14(21)22/h7-8,10-12H,1-6H2,(H,19,20)(H,21,22)/t10-,11+,12?. The molecule has 116 valence electrons. The van der Waals surface area contributed by atoms with Crippen molar-refractivity contribution in [3.63, 3.8) is 0 Å². The van der Waals surface area contributed by atoms with Gasteiger partial charge in [0.15, 0.2) is 5.82 Å². The van der Waals surface area contributed by atoms with Gasteiger partial charge in [0.05, 0.1) is 11.1 Å². The molecule has 2 N–H and O–H groups in total. The van der Waals surface area contributed by atoms with Crippen LogP contribution in [0.3, 0.4) is 0 Å². The summed E-state index contributed by atoms with van der Waals surface area (Å²) in [6.07, 6.45) is 9.13. The summed E-state index contributed by atoms with van der Waals surface area (Å²) in [5.41, 5.74) is -0.390. The fourth-order valence-electron chi connectivity index (χ4n) is 3.92. The molecule has 1 unspecified atom stereocenters. The normalized spacial score (nSPS) is 31.0. The first kappa shape index (κ1) is 13.7. The van der Waals surface area contributed by atoms with Gasteiger partial charge in [-0.25, -0.2) is 14.8 Å². The lowest BCUT2D eigenvalue weighted by Crippen LogP contribution is -2.37. The molecule has 3 aliphatic carbocycles. The van der Waals surface area contributed by atoms with Gasteiger partial charge in [0.1, 0.15) is 0 Å². The molecule has 3 aliphatic rings. The number of nitrogens with zero attached hydrogens (tertiary/aromatic N) is 2. The predicted octanol–water partition coefficient (Wildman–Crippen LogP) is 1.72. The van der Waals surface area contributed by atoms with Crippen molar-refractivity contribution in [3.8, 4) is 0 Å². The smallest absolute Gasteiger partial charge is 0.338 e. The summed E-state index contributed by atoms with van der Waals surface area (Å²) in [5, 5.41) is 12.0. The summed E-state index contributed by atoms with van der Waals surface area (Å²) in [7, 11) is 0. The summed E-state index contributed by atoms with van der Waals surface area (Å²) in [4.78, 5) is 31.7. The van der Waals surface area contributed by atoms with Gasteiger partial charge in [0.25, 0.3) is 0 Å². The molecule has 0 saturated heterocycles. The Bertz CT molecular complexity index is 612. The highest BCUT2D eigenvalue weighted by Crippen LogP contribution is 2.56. The second-order valence-electron chi connectivity index (χ2n) is 6.81. The molecule has 3 atom stereocenters. The third-order valence-electron chi connectivity index (χ3n) is 5.40. The van der Waals surface area contributed by atoms with Crippen molar-refractivity contribution in [2.24, 2.45) is 17.8 Å². The zero-order valence-electron chi connectivity index (χ0n) is 12.3. The summed E-state index contributed by atoms with van der Waals surface area (Å²) >= 11 is 0. The van der Waals surface area contributed by atoms with Crippen LogP contribution in [0.4, 0.5) is 0 Å². The van der Waals surface area contributed by atoms with Gasteiger partial charge >= 0.3 is 5.97 Å². The van der Waals surface area contributed by atoms with E-state index in [1.54, 1.807) is 0 Å². The average molecular weight is 301 g/mol. The van der Waals surface area contributed by atoms with E-state index in [4.69, 9.17) is 5.11 Å². The number of hydrogen-bond donors (Lipinski definition) is 2. The fourth-order valence-corrected chi connectivity index (χ4v) is 3.92. The van der Waals surface area contributed by atoms with Crippen LogP contribution in [0.5, 0.6) is 0 Å². The van der Waals surface area contributed by atoms with E-state index in [-0.39, 0.29) is 17.4 Å². The highest BCUT2D eigenvalue weighted by Gasteiger charge is 2.57. The summed E-state index contributed by atoms with van der Waals surface area (Å²) < 4.78 is 0. The highest BCUT2D eigenvalue weighted by molar-refractivity contribution is 5.86. The van der Waals surface area contributed by atoms with Crippen molar-refractivity contribution in [1.82, 2.24) is 15.3 Å². The zero-order chi connectivity index (χ0) is 15.3. The molecule has 0 spiro atoms. The second kappa shape index (κ2) is 4.76. The monoisotopic (exact) mass is 301 g/mol. The molecule has 6 heteroatoms. The Morgan fingerprint density at radius 1 is 1.14 bits per heavy atom. The van der Waals surface area contributed by atoms with E-state index in [2.05, 4.69) is 15.3 Å². The number of nitrogens with one attached hydrogen (secondary N) is 1. The number of hydrogen-bond acceptors (Lipinski definition) is 4. The maximum atomic E-state index is 12.5. The lowest BCUT2D eigenvalue weighted by molar-refractivity contribution is -0.124. The van der Waals surface area contributed by atoms with E-state index in [9.17, 15) is 9.59 Å². The van der Waals surface area contributed by atoms with Crippen LogP contribution in [0.2, 0.25) is 0 Å². The predicted molar refractivity (Wildman–Crippen MR) is 77.0 cm³/mol. The van der Waals surface area contributed by atoms with Gasteiger partial charge < -0.3 is 10.4 Å². The van der Waals surface area contributed by atoms with Crippen molar-refractivity contribution >= 4 is 11.9 Å². The van der Waals surface area contributed by atoms with Crippen LogP contribution in [-0.4, -0.2) is 27.0 Å². The molecular formula is C16H19N3O3. The lowest BCUT2D eigenvalue weighted by Gasteiger charge is -2.16. The molecule has 3 fully saturated rings. The third-order valence-corrected chi connectivity index (χ3v) is 5.40. The van der Waals surface area contributed by atoms with Crippen LogP contribution in [-0.2, 0) is 10.3 Å². The maximum Gasteiger partial charge on any atom is 0.338 e. The molecule has 22 heavy (non-hydrogen) atoms. The van der Waals surface area contributed by atoms with Crippen LogP contribution in [0.15, 0.2) is 12.4 Å². The van der Waals surface area contributed by atoms with E-state index in [0.717, 1.165) is 12.8 Å². The quantitative estimate of drug-likeness (QED) is 0.883. The van der Waals surface area contributed by atoms with E-state index in [1.807, 2.05) is 0 Å². The number of fused-ring (bicyclic) bond motifs is 1. The van der Waals surface area contributed by atoms with Crippen molar-refractivity contribution in [2.75, 3.05) is 0 Å². The number of amides is 1. The first-order valence-corrected chi connectivity index (χ1v) is 7.99. The molecule has 1 aromatic rings. The molecule has 6 nitrogen and oxygen atoms in total. The third kappa shape index (κ3) is 2.17. The minimum Gasteiger partial charge on any atom is -0.478 e. The van der Waals surface area contributed by atoms with Crippen LogP contribution < -0.4 is 5.32 Å². The number of carbonyl (C=O) groups excluding carboxylic acids is 1. The van der Waals surface area contributed by atoms with E-state index in [0.29, 0.717) is 17.7 Å². The molecule has 1 aromatic heterocycles. The van der Waals surface area contributed by atoms with Crippen molar-refractivity contribution in [1.29, 1.82) is 0 Å². The number of carbonyl (C=O) groups is 2. The van der Waals surface area contributed by atoms with Crippen molar-refractivity contribution in [2.45, 2.75) is 44.1 Å². The van der Waals surface area contributed by atoms with Gasteiger partial charge in [0.2, 0.25) is 5.91 Å². The second-order valence-corrected chi connectivity index (χ2v) is 6.81. The van der Waals surface area contributed by atoms with Gasteiger partial charge in [-0.1, -0.05) is 12.8 Å². The van der Waals surface area contributed by atoms with Gasteiger partial charge in [-0.3, -0.25) is 4.79 Å². The Hall–Kier alpha value is -1.98. The first-order valence-electron chi connectivity index (χ1n) is 7.99. The van der Waals surface area contributed by atoms with Crippen LogP contribution in [0.1, 0.15) is 54.7 Å². The van der Waals surface area contributed by atoms with Gasteiger partial charge in [-0.15, -0.1) is 0 Å². The fraction of sp³-hybridized carbons (Fsp3) is 0.625. The number of aromatic nitrogens is 2. The van der Waals surface area contributed by atoms with Crippen LogP contribution >= 0.6 is 0 Å². The van der Waals surface area contributed by atoms with E-state index < -0.39 is 11.5 Å². The summed E-state index contributed by atoms with van der Waals surface area (Å²) in [6, 6.07) is 0. The SMILES string of the molecule is O=C(O)c1cnc(C2(NC(=O)C3[C@H]4CCCC[C@@H]34)CC2)nc1. The highest BCUT2D eigenvalue weighted by atomic mass is 16.4. The first-order chi connectivity index (χ1) is 10.6. The molecular weight excluding hydrogens is 282 g/mol. The molecule has 0 radical (unpaired) electrons. The van der Waals surface area contributed by atoms with E-state index >= 15 is 0 Å². The Labute approximate surface area is 128 Å². The van der Waals surface area contributed by atoms with Crippen LogP contribution in [0.25, 0.3) is 0 Å². The summed E-state index contributed by atoms with van der Waals surface area (Å²) in [5.74, 6) is 0.982. The molecule has 1 amide bonds. The lowest BCUT2D eigenvalue weighted by atomic mass is 10.0. The molecule has 0 aliphatic heterocycles. The van der Waals surface area contributed by atoms with Gasteiger partial charge in [-0.2, -0.15) is 0 Å². The number of rotatable bonds is 4. The molecule has 4 rings (SSSR count). The van der Waals surface area contributed by atoms with Crippen molar-refractivity contribution in [3.05, 3.63) is 23.8 Å². The van der Waals surface area contributed by atoms with Crippen molar-refractivity contribution < 1.29 is 14.7 Å². The number of carboxylic acids is 1. The van der Waals surface area contributed by atoms with E-state index in [1.165, 1.54) is 38.1 Å². The zero-order valence-corrected chi connectivity index (χ0v) is 12.3. The minimum absolute atomic E-state index is 0.0686. The average Bonchev–Trinajstić information content (AvgIpc) is 3.41. The molecule has 1 heterocycles. The topological polar surface area (TPSA) is 92.2 Å². The van der Waals surface area contributed by atoms with Gasteiger partial charge in [-0.05, 0) is 37.5 Å². The molecule has 0 bridgehead atoms. The Kier molecular flexibility index (Phi) is 2.96. The number of carboxylic acid groups (broad SMARTS) is 1.